The number of benzene rings is 1. The maximum Gasteiger partial charge on any atom is 0.128 e. The average molecular weight is 334 g/mol. The molecule has 0 amide bonds. The minimum Gasteiger partial charge on any atom is -0.355 e. The van der Waals surface area contributed by atoms with Crippen molar-refractivity contribution in [2.75, 3.05) is 11.9 Å². The van der Waals surface area contributed by atoms with Crippen LogP contribution in [0.2, 0.25) is 0 Å². The molecule has 0 saturated carbocycles. The highest BCUT2D eigenvalue weighted by molar-refractivity contribution is 9.10. The van der Waals surface area contributed by atoms with Crippen LogP contribution in [0.25, 0.3) is 0 Å². The second-order valence-corrected chi connectivity index (χ2v) is 6.01. The van der Waals surface area contributed by atoms with Crippen molar-refractivity contribution in [3.05, 3.63) is 58.2 Å². The van der Waals surface area contributed by atoms with Gasteiger partial charge in [-0.05, 0) is 36.6 Å². The Kier molecular flexibility index (Phi) is 5.15. The fourth-order valence-corrected chi connectivity index (χ4v) is 2.51. The molecule has 1 atom stereocenters. The van der Waals surface area contributed by atoms with Gasteiger partial charge in [0.05, 0.1) is 0 Å². The van der Waals surface area contributed by atoms with Crippen LogP contribution in [0, 0.1) is 0 Å². The summed E-state index contributed by atoms with van der Waals surface area (Å²) < 4.78 is 1.13. The number of pyridine rings is 1. The highest BCUT2D eigenvalue weighted by Crippen LogP contribution is 2.20. The van der Waals surface area contributed by atoms with Gasteiger partial charge in [-0.25, -0.2) is 4.98 Å². The predicted molar refractivity (Wildman–Crippen MR) is 87.8 cm³/mol. The van der Waals surface area contributed by atoms with Crippen molar-refractivity contribution in [2.24, 2.45) is 5.73 Å². The quantitative estimate of drug-likeness (QED) is 0.912. The van der Waals surface area contributed by atoms with Crippen LogP contribution in [0.3, 0.4) is 0 Å². The molecule has 0 bridgehead atoms. The van der Waals surface area contributed by atoms with Crippen molar-refractivity contribution in [3.63, 3.8) is 0 Å². The summed E-state index contributed by atoms with van der Waals surface area (Å²) in [6.45, 7) is 2.83. The molecule has 0 spiro atoms. The van der Waals surface area contributed by atoms with Crippen LogP contribution in [-0.4, -0.2) is 18.1 Å². The van der Waals surface area contributed by atoms with E-state index in [-0.39, 0.29) is 6.04 Å². The van der Waals surface area contributed by atoms with Gasteiger partial charge in [-0.1, -0.05) is 40.2 Å². The molecule has 20 heavy (non-hydrogen) atoms. The van der Waals surface area contributed by atoms with Crippen LogP contribution in [0.5, 0.6) is 0 Å². The molecular formula is C16H20BrN3. The molecule has 1 aromatic carbocycles. The molecule has 1 aromatic heterocycles. The zero-order valence-electron chi connectivity index (χ0n) is 11.9. The van der Waals surface area contributed by atoms with E-state index in [1.807, 2.05) is 32.3 Å². The van der Waals surface area contributed by atoms with Gasteiger partial charge in [0.2, 0.25) is 0 Å². The van der Waals surface area contributed by atoms with Gasteiger partial charge in [0.15, 0.2) is 0 Å². The lowest BCUT2D eigenvalue weighted by Gasteiger charge is -2.19. The fraction of sp³-hybridized carbons (Fsp3) is 0.312. The van der Waals surface area contributed by atoms with Gasteiger partial charge in [-0.15, -0.1) is 0 Å². The van der Waals surface area contributed by atoms with Crippen LogP contribution in [0.1, 0.15) is 18.1 Å². The molecule has 1 unspecified atom stereocenters. The molecule has 0 aliphatic carbocycles. The van der Waals surface area contributed by atoms with E-state index in [0.717, 1.165) is 23.3 Å². The van der Waals surface area contributed by atoms with Gasteiger partial charge in [0, 0.05) is 30.3 Å². The average Bonchev–Trinajstić information content (AvgIpc) is 2.41. The Morgan fingerprint density at radius 3 is 2.60 bits per heavy atom. The standard InChI is InChI=1S/C16H20BrN3/c1-12(18)9-13-7-8-16(19-10-13)20(2)11-14-5-3-4-6-15(14)17/h3-8,10,12H,9,11,18H2,1-2H3. The molecule has 3 nitrogen and oxygen atoms in total. The van der Waals surface area contributed by atoms with Crippen LogP contribution in [-0.2, 0) is 13.0 Å². The molecular weight excluding hydrogens is 314 g/mol. The smallest absolute Gasteiger partial charge is 0.128 e. The normalized spacial score (nSPS) is 12.2. The van der Waals surface area contributed by atoms with E-state index in [9.17, 15) is 0 Å². The van der Waals surface area contributed by atoms with Crippen molar-refractivity contribution < 1.29 is 0 Å². The topological polar surface area (TPSA) is 42.1 Å². The third-order valence-corrected chi connectivity index (χ3v) is 3.90. The highest BCUT2D eigenvalue weighted by atomic mass is 79.9. The summed E-state index contributed by atoms with van der Waals surface area (Å²) in [7, 11) is 2.05. The van der Waals surface area contributed by atoms with Crippen LogP contribution in [0.15, 0.2) is 47.1 Å². The Balaban J connectivity index is 2.06. The summed E-state index contributed by atoms with van der Waals surface area (Å²) in [6, 6.07) is 12.6. The van der Waals surface area contributed by atoms with Crippen LogP contribution in [0.4, 0.5) is 5.82 Å². The maximum atomic E-state index is 5.80. The summed E-state index contributed by atoms with van der Waals surface area (Å²) in [5.41, 5.74) is 8.22. The molecule has 0 saturated heterocycles. The number of halogens is 1. The SMILES string of the molecule is CC(N)Cc1ccc(N(C)Cc2ccccc2Br)nc1. The zero-order chi connectivity index (χ0) is 14.5. The van der Waals surface area contributed by atoms with Gasteiger partial charge in [-0.3, -0.25) is 0 Å². The highest BCUT2D eigenvalue weighted by Gasteiger charge is 2.06. The number of nitrogens with zero attached hydrogens (tertiary/aromatic N) is 2. The summed E-state index contributed by atoms with van der Waals surface area (Å²) in [5.74, 6) is 0.967. The molecule has 2 rings (SSSR count). The monoisotopic (exact) mass is 333 g/mol. The maximum absolute atomic E-state index is 5.80. The third kappa shape index (κ3) is 4.05. The van der Waals surface area contributed by atoms with Gasteiger partial charge in [-0.2, -0.15) is 0 Å². The third-order valence-electron chi connectivity index (χ3n) is 3.12. The lowest BCUT2D eigenvalue weighted by atomic mass is 10.1. The Labute approximate surface area is 129 Å². The molecule has 1 heterocycles. The molecule has 4 heteroatoms. The molecule has 0 aliphatic heterocycles. The fourth-order valence-electron chi connectivity index (χ4n) is 2.10. The molecule has 0 aliphatic rings. The van der Waals surface area contributed by atoms with Crippen molar-refractivity contribution in [1.29, 1.82) is 0 Å². The second kappa shape index (κ2) is 6.86. The first kappa shape index (κ1) is 15.0. The number of nitrogens with two attached hydrogens (primary N) is 1. The Morgan fingerprint density at radius 1 is 1.25 bits per heavy atom. The van der Waals surface area contributed by atoms with E-state index in [1.165, 1.54) is 11.1 Å². The Morgan fingerprint density at radius 2 is 2.00 bits per heavy atom. The van der Waals surface area contributed by atoms with Gasteiger partial charge >= 0.3 is 0 Å². The Bertz CT molecular complexity index is 552. The minimum atomic E-state index is 0.167. The summed E-state index contributed by atoms with van der Waals surface area (Å²) in [6.07, 6.45) is 2.77. The number of anilines is 1. The van der Waals surface area contributed by atoms with Crippen molar-refractivity contribution in [3.8, 4) is 0 Å². The molecule has 0 radical (unpaired) electrons. The predicted octanol–water partition coefficient (Wildman–Crippen LogP) is 3.37. The summed E-state index contributed by atoms with van der Waals surface area (Å²) in [4.78, 5) is 6.65. The largest absolute Gasteiger partial charge is 0.355 e. The summed E-state index contributed by atoms with van der Waals surface area (Å²) >= 11 is 3.58. The number of hydrogen-bond acceptors (Lipinski definition) is 3. The van der Waals surface area contributed by atoms with E-state index in [0.29, 0.717) is 0 Å². The first-order chi connectivity index (χ1) is 9.56. The zero-order valence-corrected chi connectivity index (χ0v) is 13.5. The van der Waals surface area contributed by atoms with Crippen molar-refractivity contribution in [1.82, 2.24) is 4.98 Å². The molecule has 2 N–H and O–H groups in total. The van der Waals surface area contributed by atoms with Crippen molar-refractivity contribution >= 4 is 21.7 Å². The van der Waals surface area contributed by atoms with E-state index in [2.05, 4.69) is 50.1 Å². The number of hydrogen-bond donors (Lipinski definition) is 1. The lowest BCUT2D eigenvalue weighted by molar-refractivity contribution is 0.735. The summed E-state index contributed by atoms with van der Waals surface area (Å²) in [5, 5.41) is 0. The number of rotatable bonds is 5. The van der Waals surface area contributed by atoms with Gasteiger partial charge < -0.3 is 10.6 Å². The minimum absolute atomic E-state index is 0.167. The Hall–Kier alpha value is -1.39. The van der Waals surface area contributed by atoms with Crippen LogP contribution < -0.4 is 10.6 Å². The molecule has 106 valence electrons. The van der Waals surface area contributed by atoms with E-state index in [1.54, 1.807) is 0 Å². The number of aromatic nitrogens is 1. The van der Waals surface area contributed by atoms with Crippen molar-refractivity contribution in [2.45, 2.75) is 25.9 Å². The van der Waals surface area contributed by atoms with Gasteiger partial charge in [0.25, 0.3) is 0 Å². The van der Waals surface area contributed by atoms with E-state index < -0.39 is 0 Å². The second-order valence-electron chi connectivity index (χ2n) is 5.15. The first-order valence-corrected chi connectivity index (χ1v) is 7.50. The van der Waals surface area contributed by atoms with E-state index in [4.69, 9.17) is 5.73 Å². The van der Waals surface area contributed by atoms with Crippen LogP contribution >= 0.6 is 15.9 Å². The van der Waals surface area contributed by atoms with Gasteiger partial charge in [0.1, 0.15) is 5.82 Å². The molecule has 2 aromatic rings. The molecule has 0 fully saturated rings. The first-order valence-electron chi connectivity index (χ1n) is 6.71. The lowest BCUT2D eigenvalue weighted by Crippen LogP contribution is -2.19. The van der Waals surface area contributed by atoms with E-state index >= 15 is 0 Å².